The van der Waals surface area contributed by atoms with E-state index in [2.05, 4.69) is 12.2 Å². The number of piperidine rings is 1. The van der Waals surface area contributed by atoms with Crippen molar-refractivity contribution in [2.75, 3.05) is 19.8 Å². The molecule has 0 amide bonds. The minimum atomic E-state index is -0.149. The first-order valence-electron chi connectivity index (χ1n) is 4.13. The second-order valence-corrected chi connectivity index (χ2v) is 3.19. The van der Waals surface area contributed by atoms with E-state index >= 15 is 0 Å². The van der Waals surface area contributed by atoms with Gasteiger partial charge in [-0.2, -0.15) is 0 Å². The van der Waals surface area contributed by atoms with Gasteiger partial charge in [0.1, 0.15) is 0 Å². The third kappa shape index (κ3) is 1.94. The summed E-state index contributed by atoms with van der Waals surface area (Å²) in [6, 6.07) is 0. The molecular weight excluding hydrogens is 129 g/mol. The molecule has 2 heteroatoms. The third-order valence-electron chi connectivity index (χ3n) is 2.33. The molecule has 1 rings (SSSR count). The van der Waals surface area contributed by atoms with E-state index in [0.717, 1.165) is 25.4 Å². The molecule has 1 N–H and O–H groups in total. The average molecular weight is 145 g/mol. The van der Waals surface area contributed by atoms with Crippen LogP contribution in [0.2, 0.25) is 0 Å². The predicted molar refractivity (Wildman–Crippen MR) is 40.7 cm³/mol. The maximum absolute atomic E-state index is 12.1. The van der Waals surface area contributed by atoms with Crippen LogP contribution < -0.4 is 5.32 Å². The molecule has 0 bridgehead atoms. The van der Waals surface area contributed by atoms with Crippen LogP contribution in [0.3, 0.4) is 0 Å². The van der Waals surface area contributed by atoms with Crippen LogP contribution in [0.1, 0.15) is 19.8 Å². The molecule has 2 atom stereocenters. The molecule has 0 spiro atoms. The Kier molecular flexibility index (Phi) is 3.13. The Morgan fingerprint density at radius 3 is 2.70 bits per heavy atom. The summed E-state index contributed by atoms with van der Waals surface area (Å²) in [5.74, 6) is 1.01. The third-order valence-corrected chi connectivity index (χ3v) is 2.33. The Bertz CT molecular complexity index is 85.3. The number of rotatable bonds is 2. The van der Waals surface area contributed by atoms with E-state index in [1.165, 1.54) is 6.42 Å². The average Bonchev–Trinajstić information content (AvgIpc) is 2.05. The minimum Gasteiger partial charge on any atom is -0.316 e. The van der Waals surface area contributed by atoms with E-state index in [-0.39, 0.29) is 6.67 Å². The number of halogens is 1. The highest BCUT2D eigenvalue weighted by Crippen LogP contribution is 2.18. The van der Waals surface area contributed by atoms with Gasteiger partial charge in [-0.3, -0.25) is 4.39 Å². The van der Waals surface area contributed by atoms with Crippen LogP contribution in [0.5, 0.6) is 0 Å². The fourth-order valence-electron chi connectivity index (χ4n) is 1.56. The molecule has 1 heterocycles. The van der Waals surface area contributed by atoms with Crippen molar-refractivity contribution in [3.8, 4) is 0 Å². The number of nitrogens with one attached hydrogen (secondary N) is 1. The summed E-state index contributed by atoms with van der Waals surface area (Å²) in [6.07, 6.45) is 2.27. The van der Waals surface area contributed by atoms with E-state index in [0.29, 0.717) is 5.92 Å². The van der Waals surface area contributed by atoms with Gasteiger partial charge in [0.25, 0.3) is 0 Å². The Labute approximate surface area is 62.0 Å². The van der Waals surface area contributed by atoms with Gasteiger partial charge in [-0.15, -0.1) is 0 Å². The van der Waals surface area contributed by atoms with Crippen molar-refractivity contribution < 1.29 is 4.39 Å². The van der Waals surface area contributed by atoms with Crippen LogP contribution in [-0.4, -0.2) is 19.8 Å². The van der Waals surface area contributed by atoms with Crippen LogP contribution in [0, 0.1) is 11.8 Å². The van der Waals surface area contributed by atoms with E-state index in [1.54, 1.807) is 0 Å². The lowest BCUT2D eigenvalue weighted by atomic mass is 9.90. The molecule has 0 aromatic heterocycles. The fourth-order valence-corrected chi connectivity index (χ4v) is 1.56. The van der Waals surface area contributed by atoms with Crippen molar-refractivity contribution in [3.63, 3.8) is 0 Å². The monoisotopic (exact) mass is 145 g/mol. The number of hydrogen-bond acceptors (Lipinski definition) is 1. The molecule has 1 fully saturated rings. The van der Waals surface area contributed by atoms with Gasteiger partial charge in [0.2, 0.25) is 0 Å². The predicted octanol–water partition coefficient (Wildman–Crippen LogP) is 1.59. The van der Waals surface area contributed by atoms with Gasteiger partial charge in [-0.25, -0.2) is 0 Å². The van der Waals surface area contributed by atoms with E-state index in [9.17, 15) is 4.39 Å². The highest BCUT2D eigenvalue weighted by atomic mass is 19.1. The molecule has 1 nitrogen and oxygen atoms in total. The van der Waals surface area contributed by atoms with E-state index in [4.69, 9.17) is 0 Å². The summed E-state index contributed by atoms with van der Waals surface area (Å²) >= 11 is 0. The molecular formula is C8H16FN. The minimum absolute atomic E-state index is 0.149. The Balaban J connectivity index is 2.25. The van der Waals surface area contributed by atoms with Crippen LogP contribution in [0.25, 0.3) is 0 Å². The highest BCUT2D eigenvalue weighted by molar-refractivity contribution is 4.74. The van der Waals surface area contributed by atoms with Crippen molar-refractivity contribution in [3.05, 3.63) is 0 Å². The Hall–Kier alpha value is -0.110. The zero-order valence-electron chi connectivity index (χ0n) is 6.57. The molecule has 2 unspecified atom stereocenters. The number of hydrogen-bond donors (Lipinski definition) is 1. The fraction of sp³-hybridized carbons (Fsp3) is 1.00. The zero-order chi connectivity index (χ0) is 7.40. The van der Waals surface area contributed by atoms with Crippen molar-refractivity contribution in [2.45, 2.75) is 19.8 Å². The van der Waals surface area contributed by atoms with Gasteiger partial charge in [0.15, 0.2) is 0 Å². The molecule has 0 radical (unpaired) electrons. The summed E-state index contributed by atoms with van der Waals surface area (Å²) in [4.78, 5) is 0. The number of alkyl halides is 1. The molecule has 1 aliphatic heterocycles. The lowest BCUT2D eigenvalue weighted by Gasteiger charge is -2.27. The van der Waals surface area contributed by atoms with Crippen molar-refractivity contribution >= 4 is 0 Å². The zero-order valence-corrected chi connectivity index (χ0v) is 6.57. The molecule has 0 aliphatic carbocycles. The maximum atomic E-state index is 12.1. The van der Waals surface area contributed by atoms with Gasteiger partial charge in [0.05, 0.1) is 6.67 Å². The lowest BCUT2D eigenvalue weighted by Crippen LogP contribution is -2.36. The summed E-state index contributed by atoms with van der Waals surface area (Å²) in [5, 5.41) is 3.25. The van der Waals surface area contributed by atoms with Crippen molar-refractivity contribution in [2.24, 2.45) is 11.8 Å². The first kappa shape index (κ1) is 7.99. The Morgan fingerprint density at radius 1 is 1.40 bits per heavy atom. The SMILES string of the molecule is CCC1CNCC(CF)C1. The van der Waals surface area contributed by atoms with E-state index < -0.39 is 0 Å². The van der Waals surface area contributed by atoms with Crippen molar-refractivity contribution in [1.29, 1.82) is 0 Å². The van der Waals surface area contributed by atoms with Gasteiger partial charge >= 0.3 is 0 Å². The van der Waals surface area contributed by atoms with Crippen molar-refractivity contribution in [1.82, 2.24) is 5.32 Å². The van der Waals surface area contributed by atoms with Crippen LogP contribution in [0.4, 0.5) is 4.39 Å². The van der Waals surface area contributed by atoms with Gasteiger partial charge < -0.3 is 5.32 Å². The topological polar surface area (TPSA) is 12.0 Å². The molecule has 60 valence electrons. The molecule has 10 heavy (non-hydrogen) atoms. The maximum Gasteiger partial charge on any atom is 0.0934 e. The standard InChI is InChI=1S/C8H16FN/c1-2-7-3-8(4-9)6-10-5-7/h7-8,10H,2-6H2,1H3. The van der Waals surface area contributed by atoms with Gasteiger partial charge in [-0.1, -0.05) is 13.3 Å². The molecule has 0 aromatic rings. The van der Waals surface area contributed by atoms with Crippen LogP contribution in [0.15, 0.2) is 0 Å². The first-order chi connectivity index (χ1) is 4.86. The van der Waals surface area contributed by atoms with Crippen LogP contribution >= 0.6 is 0 Å². The summed E-state index contributed by atoms with van der Waals surface area (Å²) in [5.41, 5.74) is 0. The second kappa shape index (κ2) is 3.91. The van der Waals surface area contributed by atoms with Gasteiger partial charge in [0, 0.05) is 12.5 Å². The lowest BCUT2D eigenvalue weighted by molar-refractivity contribution is 0.235. The molecule has 1 saturated heterocycles. The molecule has 0 saturated carbocycles. The largest absolute Gasteiger partial charge is 0.316 e. The van der Waals surface area contributed by atoms with E-state index in [1.807, 2.05) is 0 Å². The normalized spacial score (nSPS) is 34.2. The summed E-state index contributed by atoms with van der Waals surface area (Å²) in [7, 11) is 0. The highest BCUT2D eigenvalue weighted by Gasteiger charge is 2.19. The Morgan fingerprint density at radius 2 is 2.10 bits per heavy atom. The van der Waals surface area contributed by atoms with Crippen LogP contribution in [-0.2, 0) is 0 Å². The summed E-state index contributed by atoms with van der Waals surface area (Å²) < 4.78 is 12.1. The first-order valence-corrected chi connectivity index (χ1v) is 4.13. The smallest absolute Gasteiger partial charge is 0.0934 e. The summed E-state index contributed by atoms with van der Waals surface area (Å²) in [6.45, 7) is 4.00. The second-order valence-electron chi connectivity index (χ2n) is 3.19. The molecule has 0 aromatic carbocycles. The quantitative estimate of drug-likeness (QED) is 0.622. The van der Waals surface area contributed by atoms with Gasteiger partial charge in [-0.05, 0) is 18.9 Å². The molecule has 1 aliphatic rings.